The molecule has 1 N–H and O–H groups in total. The van der Waals surface area contributed by atoms with Crippen molar-refractivity contribution in [3.63, 3.8) is 0 Å². The fourth-order valence-electron chi connectivity index (χ4n) is 5.05. The van der Waals surface area contributed by atoms with E-state index in [1.807, 2.05) is 28.8 Å². The number of imidazole rings is 1. The Balaban J connectivity index is 1.39. The molecule has 4 atom stereocenters. The molecule has 0 amide bonds. The van der Waals surface area contributed by atoms with Crippen molar-refractivity contribution in [3.05, 3.63) is 30.6 Å². The average Bonchev–Trinajstić information content (AvgIpc) is 3.12. The van der Waals surface area contributed by atoms with Crippen molar-refractivity contribution in [3.8, 4) is 0 Å². The Morgan fingerprint density at radius 2 is 2.12 bits per heavy atom. The highest BCUT2D eigenvalue weighted by molar-refractivity contribution is 5.74. The first-order valence-corrected chi connectivity index (χ1v) is 9.11. The van der Waals surface area contributed by atoms with Crippen LogP contribution in [0.5, 0.6) is 0 Å². The molecule has 2 aliphatic rings. The summed E-state index contributed by atoms with van der Waals surface area (Å²) in [6.45, 7) is 8.08. The first-order chi connectivity index (χ1) is 11.4. The number of aliphatic hydroxyl groups is 1. The number of benzene rings is 1. The van der Waals surface area contributed by atoms with Crippen LogP contribution in [0.15, 0.2) is 30.6 Å². The molecule has 4 rings (SSSR count). The second-order valence-electron chi connectivity index (χ2n) is 8.47. The van der Waals surface area contributed by atoms with Gasteiger partial charge in [-0.05, 0) is 48.1 Å². The molecule has 130 valence electrons. The van der Waals surface area contributed by atoms with Crippen LogP contribution in [0.3, 0.4) is 0 Å². The Bertz CT molecular complexity index is 738. The van der Waals surface area contributed by atoms with Gasteiger partial charge in [0.25, 0.3) is 0 Å². The summed E-state index contributed by atoms with van der Waals surface area (Å²) in [6, 6.07) is 8.01. The fraction of sp³-hybridized carbons (Fsp3) is 0.650. The number of nitrogens with zero attached hydrogens (tertiary/aromatic N) is 2. The van der Waals surface area contributed by atoms with E-state index < -0.39 is 6.10 Å². The summed E-state index contributed by atoms with van der Waals surface area (Å²) in [5, 5.41) is 10.5. The molecule has 1 aromatic heterocycles. The predicted octanol–water partition coefficient (Wildman–Crippen LogP) is 3.63. The number of aromatic nitrogens is 2. The van der Waals surface area contributed by atoms with E-state index in [-0.39, 0.29) is 11.5 Å². The van der Waals surface area contributed by atoms with Crippen LogP contribution in [0.25, 0.3) is 11.0 Å². The third-order valence-corrected chi connectivity index (χ3v) is 7.14. The van der Waals surface area contributed by atoms with Crippen molar-refractivity contribution in [2.45, 2.75) is 58.8 Å². The van der Waals surface area contributed by atoms with Gasteiger partial charge in [0.1, 0.15) is 0 Å². The number of fused-ring (bicyclic) bond motifs is 3. The van der Waals surface area contributed by atoms with E-state index in [2.05, 4.69) is 25.8 Å². The number of hydrogen-bond donors (Lipinski definition) is 1. The largest absolute Gasteiger partial charge is 0.389 e. The summed E-state index contributed by atoms with van der Waals surface area (Å²) in [6.07, 6.45) is 5.29. The molecule has 4 nitrogen and oxygen atoms in total. The molecule has 0 radical (unpaired) electrons. The first-order valence-electron chi connectivity index (χ1n) is 9.11. The summed E-state index contributed by atoms with van der Waals surface area (Å²) >= 11 is 0. The van der Waals surface area contributed by atoms with Crippen LogP contribution in [-0.4, -0.2) is 33.5 Å². The SMILES string of the molecule is CC1(C)[C@@H]2CC[C@@]1(C)[C@H](OC[C@H](O)Cn1cnc3ccccc31)C2. The third-order valence-electron chi connectivity index (χ3n) is 7.14. The maximum absolute atomic E-state index is 10.5. The van der Waals surface area contributed by atoms with E-state index in [9.17, 15) is 5.11 Å². The summed E-state index contributed by atoms with van der Waals surface area (Å²) in [4.78, 5) is 4.38. The molecule has 2 saturated carbocycles. The van der Waals surface area contributed by atoms with Crippen molar-refractivity contribution >= 4 is 11.0 Å². The van der Waals surface area contributed by atoms with Gasteiger partial charge in [-0.3, -0.25) is 0 Å². The lowest BCUT2D eigenvalue weighted by Crippen LogP contribution is -2.38. The van der Waals surface area contributed by atoms with E-state index in [1.54, 1.807) is 6.33 Å². The smallest absolute Gasteiger partial charge is 0.0959 e. The maximum atomic E-state index is 10.5. The average molecular weight is 328 g/mol. The minimum atomic E-state index is -0.506. The Hall–Kier alpha value is -1.39. The number of rotatable bonds is 5. The van der Waals surface area contributed by atoms with Crippen LogP contribution >= 0.6 is 0 Å². The van der Waals surface area contributed by atoms with Gasteiger partial charge < -0.3 is 14.4 Å². The molecule has 0 aliphatic heterocycles. The minimum Gasteiger partial charge on any atom is -0.389 e. The lowest BCUT2D eigenvalue weighted by molar-refractivity contribution is -0.0771. The summed E-state index contributed by atoms with van der Waals surface area (Å²) in [5.74, 6) is 0.766. The second kappa shape index (κ2) is 5.57. The molecule has 0 spiro atoms. The van der Waals surface area contributed by atoms with Crippen LogP contribution in [0.4, 0.5) is 0 Å². The van der Waals surface area contributed by atoms with Crippen molar-refractivity contribution in [1.29, 1.82) is 0 Å². The molecule has 2 aromatic rings. The number of aliphatic hydroxyl groups excluding tert-OH is 1. The Kier molecular flexibility index (Phi) is 3.73. The van der Waals surface area contributed by atoms with Gasteiger partial charge >= 0.3 is 0 Å². The Labute approximate surface area is 143 Å². The second-order valence-corrected chi connectivity index (χ2v) is 8.47. The van der Waals surface area contributed by atoms with Crippen LogP contribution in [0.1, 0.15) is 40.0 Å². The van der Waals surface area contributed by atoms with Crippen LogP contribution in [0.2, 0.25) is 0 Å². The predicted molar refractivity (Wildman–Crippen MR) is 94.7 cm³/mol. The molecule has 2 bridgehead atoms. The molecule has 4 heteroatoms. The number of para-hydroxylation sites is 2. The Morgan fingerprint density at radius 1 is 1.33 bits per heavy atom. The van der Waals surface area contributed by atoms with Crippen LogP contribution < -0.4 is 0 Å². The molecule has 24 heavy (non-hydrogen) atoms. The zero-order chi connectivity index (χ0) is 16.9. The van der Waals surface area contributed by atoms with Gasteiger partial charge in [-0.2, -0.15) is 0 Å². The molecule has 2 aliphatic carbocycles. The van der Waals surface area contributed by atoms with Gasteiger partial charge in [0.15, 0.2) is 0 Å². The molecule has 0 unspecified atom stereocenters. The van der Waals surface area contributed by atoms with E-state index in [1.165, 1.54) is 12.8 Å². The van der Waals surface area contributed by atoms with Crippen LogP contribution in [0, 0.1) is 16.7 Å². The number of hydrogen-bond acceptors (Lipinski definition) is 3. The standard InChI is InChI=1S/C20H28N2O2/c1-19(2)14-8-9-20(19,3)18(10-14)24-12-15(23)11-22-13-21-16-6-4-5-7-17(16)22/h4-7,13-15,18,23H,8-12H2,1-3H3/t14-,15-,18-,20+/m1/s1. The summed E-state index contributed by atoms with van der Waals surface area (Å²) in [5.41, 5.74) is 2.62. The molecule has 0 saturated heterocycles. The van der Waals surface area contributed by atoms with Gasteiger partial charge in [0.2, 0.25) is 0 Å². The lowest BCUT2D eigenvalue weighted by Gasteiger charge is -2.39. The van der Waals surface area contributed by atoms with E-state index >= 15 is 0 Å². The monoisotopic (exact) mass is 328 g/mol. The summed E-state index contributed by atoms with van der Waals surface area (Å²) < 4.78 is 8.22. The van der Waals surface area contributed by atoms with Gasteiger partial charge in [-0.15, -0.1) is 0 Å². The van der Waals surface area contributed by atoms with Crippen molar-refractivity contribution in [1.82, 2.24) is 9.55 Å². The zero-order valence-corrected chi connectivity index (χ0v) is 14.9. The molecule has 1 heterocycles. The minimum absolute atomic E-state index is 0.249. The summed E-state index contributed by atoms with van der Waals surface area (Å²) in [7, 11) is 0. The van der Waals surface area contributed by atoms with Gasteiger partial charge in [0.05, 0.1) is 42.7 Å². The molecular weight excluding hydrogens is 300 g/mol. The lowest BCUT2D eigenvalue weighted by atomic mass is 9.70. The van der Waals surface area contributed by atoms with Gasteiger partial charge in [-0.1, -0.05) is 32.9 Å². The highest BCUT2D eigenvalue weighted by Crippen LogP contribution is 2.66. The zero-order valence-electron chi connectivity index (χ0n) is 14.9. The molecule has 2 fully saturated rings. The van der Waals surface area contributed by atoms with Crippen molar-refractivity contribution in [2.75, 3.05) is 6.61 Å². The van der Waals surface area contributed by atoms with Crippen molar-refractivity contribution in [2.24, 2.45) is 16.7 Å². The quantitative estimate of drug-likeness (QED) is 0.912. The normalized spacial score (nSPS) is 32.5. The first kappa shape index (κ1) is 16.1. The highest BCUT2D eigenvalue weighted by Gasteiger charge is 2.61. The molecular formula is C20H28N2O2. The number of ether oxygens (including phenoxy) is 1. The fourth-order valence-corrected chi connectivity index (χ4v) is 5.05. The van der Waals surface area contributed by atoms with E-state index in [4.69, 9.17) is 4.74 Å². The Morgan fingerprint density at radius 3 is 2.83 bits per heavy atom. The van der Waals surface area contributed by atoms with Gasteiger partial charge in [-0.25, -0.2) is 4.98 Å². The third kappa shape index (κ3) is 2.31. The highest BCUT2D eigenvalue weighted by atomic mass is 16.5. The van der Waals surface area contributed by atoms with Crippen LogP contribution in [-0.2, 0) is 11.3 Å². The van der Waals surface area contributed by atoms with Gasteiger partial charge in [0, 0.05) is 0 Å². The van der Waals surface area contributed by atoms with E-state index in [0.717, 1.165) is 23.4 Å². The topological polar surface area (TPSA) is 47.3 Å². The maximum Gasteiger partial charge on any atom is 0.0959 e. The van der Waals surface area contributed by atoms with E-state index in [0.29, 0.717) is 18.6 Å². The van der Waals surface area contributed by atoms with Crippen molar-refractivity contribution < 1.29 is 9.84 Å². The molecule has 1 aromatic carbocycles.